The van der Waals surface area contributed by atoms with Gasteiger partial charge in [0.1, 0.15) is 17.6 Å². The molecule has 2 heterocycles. The van der Waals surface area contributed by atoms with Gasteiger partial charge in [0.2, 0.25) is 0 Å². The lowest BCUT2D eigenvalue weighted by Gasteiger charge is -2.04. The molecule has 0 aliphatic heterocycles. The van der Waals surface area contributed by atoms with Gasteiger partial charge in [-0.05, 0) is 19.1 Å². The number of nitriles is 1. The van der Waals surface area contributed by atoms with E-state index < -0.39 is 0 Å². The lowest BCUT2D eigenvalue weighted by atomic mass is 10.2. The maximum atomic E-state index is 11.9. The van der Waals surface area contributed by atoms with Crippen LogP contribution >= 0.6 is 0 Å². The summed E-state index contributed by atoms with van der Waals surface area (Å²) in [4.78, 5) is 15.8. The summed E-state index contributed by atoms with van der Waals surface area (Å²) in [6.07, 6.45) is 1.36. The van der Waals surface area contributed by atoms with Gasteiger partial charge in [-0.3, -0.25) is 9.48 Å². The second-order valence-electron chi connectivity index (χ2n) is 3.79. The van der Waals surface area contributed by atoms with E-state index in [1.807, 2.05) is 13.0 Å². The molecule has 18 heavy (non-hydrogen) atoms. The zero-order valence-electron chi connectivity index (χ0n) is 10.0. The van der Waals surface area contributed by atoms with Gasteiger partial charge in [-0.2, -0.15) is 10.4 Å². The van der Waals surface area contributed by atoms with Crippen LogP contribution < -0.4 is 5.32 Å². The first-order chi connectivity index (χ1) is 8.60. The Morgan fingerprint density at radius 1 is 1.50 bits per heavy atom. The van der Waals surface area contributed by atoms with Gasteiger partial charge >= 0.3 is 0 Å². The molecule has 0 bridgehead atoms. The zero-order chi connectivity index (χ0) is 13.1. The molecule has 2 aromatic rings. The molecule has 0 fully saturated rings. The number of pyridine rings is 1. The van der Waals surface area contributed by atoms with Crippen LogP contribution in [0.15, 0.2) is 24.4 Å². The molecule has 2 aromatic heterocycles. The minimum Gasteiger partial charge on any atom is -0.305 e. The van der Waals surface area contributed by atoms with Crippen molar-refractivity contribution in [2.75, 3.05) is 5.32 Å². The van der Waals surface area contributed by atoms with Crippen molar-refractivity contribution in [3.63, 3.8) is 0 Å². The second kappa shape index (κ2) is 4.67. The molecule has 0 radical (unpaired) electrons. The predicted molar refractivity (Wildman–Crippen MR) is 64.9 cm³/mol. The smallest absolute Gasteiger partial charge is 0.275 e. The van der Waals surface area contributed by atoms with E-state index in [4.69, 9.17) is 5.26 Å². The maximum Gasteiger partial charge on any atom is 0.275 e. The van der Waals surface area contributed by atoms with Gasteiger partial charge in [0.05, 0.1) is 11.3 Å². The van der Waals surface area contributed by atoms with Crippen LogP contribution in [0.2, 0.25) is 0 Å². The fourth-order valence-electron chi connectivity index (χ4n) is 1.50. The van der Waals surface area contributed by atoms with E-state index >= 15 is 0 Å². The number of carbonyl (C=O) groups is 1. The fourth-order valence-corrected chi connectivity index (χ4v) is 1.50. The number of carbonyl (C=O) groups excluding carboxylic acids is 1. The Morgan fingerprint density at radius 3 is 2.78 bits per heavy atom. The lowest BCUT2D eigenvalue weighted by molar-refractivity contribution is 0.102. The SMILES string of the molecule is Cc1cc(NC(=O)c2ccc(C#N)cn2)n(C)n1. The van der Waals surface area contributed by atoms with Crippen molar-refractivity contribution in [1.82, 2.24) is 14.8 Å². The Hall–Kier alpha value is -2.68. The van der Waals surface area contributed by atoms with Crippen LogP contribution in [-0.2, 0) is 7.05 Å². The van der Waals surface area contributed by atoms with Gasteiger partial charge in [-0.15, -0.1) is 0 Å². The summed E-state index contributed by atoms with van der Waals surface area (Å²) >= 11 is 0. The molecule has 1 N–H and O–H groups in total. The van der Waals surface area contributed by atoms with Crippen LogP contribution in [0.3, 0.4) is 0 Å². The average molecular weight is 241 g/mol. The van der Waals surface area contributed by atoms with E-state index in [0.717, 1.165) is 5.69 Å². The Balaban J connectivity index is 2.17. The largest absolute Gasteiger partial charge is 0.305 e. The first-order valence-corrected chi connectivity index (χ1v) is 5.28. The second-order valence-corrected chi connectivity index (χ2v) is 3.79. The quantitative estimate of drug-likeness (QED) is 0.857. The Bertz CT molecular complexity index is 621. The van der Waals surface area contributed by atoms with Gasteiger partial charge in [-0.25, -0.2) is 4.98 Å². The Labute approximate surface area is 104 Å². The van der Waals surface area contributed by atoms with Crippen molar-refractivity contribution < 1.29 is 4.79 Å². The highest BCUT2D eigenvalue weighted by Crippen LogP contribution is 2.09. The third-order valence-corrected chi connectivity index (χ3v) is 2.37. The summed E-state index contributed by atoms with van der Waals surface area (Å²) in [7, 11) is 1.74. The maximum absolute atomic E-state index is 11.9. The van der Waals surface area contributed by atoms with Crippen molar-refractivity contribution in [2.24, 2.45) is 7.05 Å². The van der Waals surface area contributed by atoms with Crippen LogP contribution in [0.5, 0.6) is 0 Å². The molecule has 0 saturated carbocycles. The van der Waals surface area contributed by atoms with Crippen molar-refractivity contribution in [1.29, 1.82) is 5.26 Å². The van der Waals surface area contributed by atoms with Crippen LogP contribution in [0.4, 0.5) is 5.82 Å². The fraction of sp³-hybridized carbons (Fsp3) is 0.167. The normalized spacial score (nSPS) is 9.83. The molecule has 0 saturated heterocycles. The zero-order valence-corrected chi connectivity index (χ0v) is 10.0. The van der Waals surface area contributed by atoms with Crippen LogP contribution in [0.25, 0.3) is 0 Å². The molecule has 0 aromatic carbocycles. The van der Waals surface area contributed by atoms with E-state index in [2.05, 4.69) is 15.4 Å². The number of hydrogen-bond donors (Lipinski definition) is 1. The highest BCUT2D eigenvalue weighted by molar-refractivity contribution is 6.02. The van der Waals surface area contributed by atoms with Gasteiger partial charge in [0.15, 0.2) is 0 Å². The number of amides is 1. The lowest BCUT2D eigenvalue weighted by Crippen LogP contribution is -2.15. The molecular formula is C12H11N5O. The molecule has 6 nitrogen and oxygen atoms in total. The third kappa shape index (κ3) is 2.35. The van der Waals surface area contributed by atoms with Crippen molar-refractivity contribution in [3.05, 3.63) is 41.3 Å². The number of aryl methyl sites for hydroxylation is 2. The minimum absolute atomic E-state index is 0.257. The van der Waals surface area contributed by atoms with E-state index in [9.17, 15) is 4.79 Å². The summed E-state index contributed by atoms with van der Waals surface area (Å²) in [5.41, 5.74) is 1.50. The van der Waals surface area contributed by atoms with E-state index in [1.165, 1.54) is 12.3 Å². The third-order valence-electron chi connectivity index (χ3n) is 2.37. The first kappa shape index (κ1) is 11.8. The van der Waals surface area contributed by atoms with Crippen LogP contribution in [-0.4, -0.2) is 20.7 Å². The van der Waals surface area contributed by atoms with E-state index in [-0.39, 0.29) is 11.6 Å². The minimum atomic E-state index is -0.331. The summed E-state index contributed by atoms with van der Waals surface area (Å²) < 4.78 is 1.58. The van der Waals surface area contributed by atoms with Gasteiger partial charge in [0, 0.05) is 19.3 Å². The molecule has 1 amide bonds. The van der Waals surface area contributed by atoms with E-state index in [0.29, 0.717) is 11.4 Å². The molecule has 0 aliphatic carbocycles. The summed E-state index contributed by atoms with van der Waals surface area (Å²) in [5, 5.41) is 15.5. The number of aromatic nitrogens is 3. The van der Waals surface area contributed by atoms with Gasteiger partial charge in [-0.1, -0.05) is 0 Å². The van der Waals surface area contributed by atoms with Crippen LogP contribution in [0, 0.1) is 18.3 Å². The number of nitrogens with one attached hydrogen (secondary N) is 1. The average Bonchev–Trinajstić information content (AvgIpc) is 2.68. The number of anilines is 1. The molecule has 0 spiro atoms. The highest BCUT2D eigenvalue weighted by atomic mass is 16.2. The number of hydrogen-bond acceptors (Lipinski definition) is 4. The summed E-state index contributed by atoms with van der Waals surface area (Å²) in [6.45, 7) is 1.84. The van der Waals surface area contributed by atoms with E-state index in [1.54, 1.807) is 23.9 Å². The number of nitrogens with zero attached hydrogens (tertiary/aromatic N) is 4. The molecule has 0 unspecified atom stereocenters. The molecule has 0 aliphatic rings. The Kier molecular flexibility index (Phi) is 3.06. The summed E-state index contributed by atoms with van der Waals surface area (Å²) in [6, 6.07) is 6.78. The van der Waals surface area contributed by atoms with Crippen molar-refractivity contribution in [2.45, 2.75) is 6.92 Å². The predicted octanol–water partition coefficient (Wildman–Crippen LogP) is 1.25. The molecule has 0 atom stereocenters. The molecule has 90 valence electrons. The van der Waals surface area contributed by atoms with Crippen LogP contribution in [0.1, 0.15) is 21.7 Å². The van der Waals surface area contributed by atoms with Crippen molar-refractivity contribution in [3.8, 4) is 6.07 Å². The molecule has 6 heteroatoms. The number of rotatable bonds is 2. The first-order valence-electron chi connectivity index (χ1n) is 5.28. The monoisotopic (exact) mass is 241 g/mol. The Morgan fingerprint density at radius 2 is 2.28 bits per heavy atom. The molecular weight excluding hydrogens is 230 g/mol. The standard InChI is InChI=1S/C12H11N5O/c1-8-5-11(17(2)16-8)15-12(18)10-4-3-9(6-13)7-14-10/h3-5,7H,1-2H3,(H,15,18). The molecule has 2 rings (SSSR count). The van der Waals surface area contributed by atoms with Gasteiger partial charge < -0.3 is 5.32 Å². The topological polar surface area (TPSA) is 83.6 Å². The van der Waals surface area contributed by atoms with Crippen molar-refractivity contribution >= 4 is 11.7 Å². The summed E-state index contributed by atoms with van der Waals surface area (Å²) in [5.74, 6) is 0.270. The van der Waals surface area contributed by atoms with Gasteiger partial charge in [0.25, 0.3) is 5.91 Å². The highest BCUT2D eigenvalue weighted by Gasteiger charge is 2.10.